The minimum Gasteiger partial charge on any atom is -0.486 e. The molecule has 1 heterocycles. The molecule has 0 saturated heterocycles. The summed E-state index contributed by atoms with van der Waals surface area (Å²) < 4.78 is 5.92. The van der Waals surface area contributed by atoms with E-state index in [2.05, 4.69) is 29.2 Å². The van der Waals surface area contributed by atoms with Gasteiger partial charge in [0.1, 0.15) is 6.61 Å². The van der Waals surface area contributed by atoms with Gasteiger partial charge in [-0.05, 0) is 34.9 Å². The van der Waals surface area contributed by atoms with Gasteiger partial charge in [-0.1, -0.05) is 66.7 Å². The third-order valence-electron chi connectivity index (χ3n) is 4.77. The van der Waals surface area contributed by atoms with E-state index in [1.165, 1.54) is 0 Å². The lowest BCUT2D eigenvalue weighted by Crippen LogP contribution is -2.08. The number of carboxylic acid groups (broad SMARTS) is 1. The van der Waals surface area contributed by atoms with E-state index in [4.69, 9.17) is 4.74 Å². The molecule has 0 unspecified atom stereocenters. The number of benzene rings is 3. The van der Waals surface area contributed by atoms with Gasteiger partial charge >= 0.3 is 5.97 Å². The minimum absolute atomic E-state index is 0.0713. The first-order chi connectivity index (χ1) is 13.6. The Morgan fingerprint density at radius 1 is 0.964 bits per heavy atom. The Bertz CT molecular complexity index is 1150. The molecule has 3 aromatic carbocycles. The summed E-state index contributed by atoms with van der Waals surface area (Å²) in [4.78, 5) is 15.8. The molecule has 4 rings (SSSR count). The fraction of sp³-hybridized carbons (Fsp3) is 0.0833. The van der Waals surface area contributed by atoms with Gasteiger partial charge in [0.05, 0.1) is 0 Å². The van der Waals surface area contributed by atoms with E-state index in [-0.39, 0.29) is 12.3 Å². The smallest absolute Gasteiger partial charge is 0.358 e. The summed E-state index contributed by atoms with van der Waals surface area (Å²) in [7, 11) is 0. The summed E-state index contributed by atoms with van der Waals surface area (Å²) in [6.07, 6.45) is 1.61. The molecular weight excluding hydrogens is 350 g/mol. The lowest BCUT2D eigenvalue weighted by Gasteiger charge is -2.15. The summed E-state index contributed by atoms with van der Waals surface area (Å²) in [5.41, 5.74) is 3.50. The van der Waals surface area contributed by atoms with E-state index in [1.807, 2.05) is 55.5 Å². The van der Waals surface area contributed by atoms with E-state index in [9.17, 15) is 9.90 Å². The van der Waals surface area contributed by atoms with Gasteiger partial charge in [0, 0.05) is 17.3 Å². The third kappa shape index (κ3) is 3.45. The molecule has 0 amide bonds. The van der Waals surface area contributed by atoms with Gasteiger partial charge in [-0.2, -0.15) is 0 Å². The van der Waals surface area contributed by atoms with E-state index in [0.717, 1.165) is 33.0 Å². The maximum absolute atomic E-state index is 11.7. The second kappa shape index (κ2) is 7.53. The van der Waals surface area contributed by atoms with Crippen LogP contribution in [0.5, 0.6) is 5.75 Å². The molecule has 28 heavy (non-hydrogen) atoms. The van der Waals surface area contributed by atoms with Crippen LogP contribution >= 0.6 is 0 Å². The molecule has 0 aliphatic carbocycles. The quantitative estimate of drug-likeness (QED) is 0.505. The number of aromatic nitrogens is 1. The number of carboxylic acids is 1. The molecule has 0 spiro atoms. The Balaban J connectivity index is 1.76. The zero-order valence-corrected chi connectivity index (χ0v) is 15.4. The number of fused-ring (bicyclic) bond motifs is 1. The molecule has 0 fully saturated rings. The van der Waals surface area contributed by atoms with Crippen LogP contribution in [-0.4, -0.2) is 16.1 Å². The van der Waals surface area contributed by atoms with Crippen molar-refractivity contribution in [3.05, 3.63) is 95.8 Å². The zero-order chi connectivity index (χ0) is 19.5. The molecule has 0 saturated carbocycles. The van der Waals surface area contributed by atoms with E-state index < -0.39 is 5.97 Å². The zero-order valence-electron chi connectivity index (χ0n) is 15.4. The first-order valence-electron chi connectivity index (χ1n) is 9.02. The normalized spacial score (nSPS) is 10.8. The van der Waals surface area contributed by atoms with E-state index in [1.54, 1.807) is 6.20 Å². The topological polar surface area (TPSA) is 59.4 Å². The lowest BCUT2D eigenvalue weighted by atomic mass is 9.98. The van der Waals surface area contributed by atoms with Gasteiger partial charge in [0.25, 0.3) is 0 Å². The Labute approximate surface area is 163 Å². The molecule has 0 radical (unpaired) electrons. The van der Waals surface area contributed by atoms with E-state index >= 15 is 0 Å². The SMILES string of the molecule is Cc1c(-c2ccc3ccccc3c2)cnc(C(=O)O)c1OCc1ccccc1. The van der Waals surface area contributed by atoms with E-state index in [0.29, 0.717) is 5.75 Å². The Morgan fingerprint density at radius 2 is 1.68 bits per heavy atom. The minimum atomic E-state index is -1.10. The van der Waals surface area contributed by atoms with Crippen molar-refractivity contribution < 1.29 is 14.6 Å². The molecule has 1 aromatic heterocycles. The van der Waals surface area contributed by atoms with Crippen molar-refractivity contribution in [2.24, 2.45) is 0 Å². The van der Waals surface area contributed by atoms with Crippen molar-refractivity contribution in [3.63, 3.8) is 0 Å². The fourth-order valence-corrected chi connectivity index (χ4v) is 3.29. The van der Waals surface area contributed by atoms with Crippen LogP contribution in [0.4, 0.5) is 0 Å². The molecule has 0 aliphatic rings. The first kappa shape index (κ1) is 17.7. The van der Waals surface area contributed by atoms with Crippen LogP contribution in [0.25, 0.3) is 21.9 Å². The number of carbonyl (C=O) groups is 1. The molecule has 1 N–H and O–H groups in total. The number of pyridine rings is 1. The van der Waals surface area contributed by atoms with Crippen LogP contribution in [-0.2, 0) is 6.61 Å². The molecule has 4 heteroatoms. The van der Waals surface area contributed by atoms with Crippen LogP contribution in [0, 0.1) is 6.92 Å². The molecule has 4 aromatic rings. The number of ether oxygens (including phenoxy) is 1. The highest BCUT2D eigenvalue weighted by Crippen LogP contribution is 2.33. The standard InChI is InChI=1S/C24H19NO3/c1-16-21(20-12-11-18-9-5-6-10-19(18)13-20)14-25-22(24(26)27)23(16)28-15-17-7-3-2-4-8-17/h2-14H,15H2,1H3,(H,26,27). The Morgan fingerprint density at radius 3 is 2.43 bits per heavy atom. The van der Waals surface area contributed by atoms with Crippen molar-refractivity contribution in [2.75, 3.05) is 0 Å². The average Bonchev–Trinajstić information content (AvgIpc) is 2.73. The lowest BCUT2D eigenvalue weighted by molar-refractivity contribution is 0.0684. The summed E-state index contributed by atoms with van der Waals surface area (Å²) >= 11 is 0. The van der Waals surface area contributed by atoms with Gasteiger partial charge in [-0.15, -0.1) is 0 Å². The van der Waals surface area contributed by atoms with Crippen LogP contribution < -0.4 is 4.74 Å². The summed E-state index contributed by atoms with van der Waals surface area (Å²) in [5.74, 6) is -0.793. The number of nitrogens with zero attached hydrogens (tertiary/aromatic N) is 1. The first-order valence-corrected chi connectivity index (χ1v) is 9.02. The van der Waals surface area contributed by atoms with Gasteiger partial charge in [0.2, 0.25) is 0 Å². The molecular formula is C24H19NO3. The van der Waals surface area contributed by atoms with Crippen molar-refractivity contribution in [3.8, 4) is 16.9 Å². The molecule has 0 atom stereocenters. The second-order valence-electron chi connectivity index (χ2n) is 6.62. The van der Waals surface area contributed by atoms with Crippen molar-refractivity contribution in [2.45, 2.75) is 13.5 Å². The fourth-order valence-electron chi connectivity index (χ4n) is 3.29. The highest BCUT2D eigenvalue weighted by atomic mass is 16.5. The largest absolute Gasteiger partial charge is 0.486 e. The summed E-state index contributed by atoms with van der Waals surface area (Å²) in [5, 5.41) is 11.8. The maximum atomic E-state index is 11.7. The van der Waals surface area contributed by atoms with Crippen LogP contribution in [0.3, 0.4) is 0 Å². The van der Waals surface area contributed by atoms with Crippen molar-refractivity contribution in [1.82, 2.24) is 4.98 Å². The Hall–Kier alpha value is -3.66. The highest BCUT2D eigenvalue weighted by Gasteiger charge is 2.19. The van der Waals surface area contributed by atoms with Gasteiger partial charge < -0.3 is 9.84 Å². The molecule has 0 aliphatic heterocycles. The number of aromatic carboxylic acids is 1. The average molecular weight is 369 g/mol. The van der Waals surface area contributed by atoms with Crippen LogP contribution in [0.1, 0.15) is 21.6 Å². The summed E-state index contributed by atoms with van der Waals surface area (Å²) in [6, 6.07) is 23.9. The second-order valence-corrected chi connectivity index (χ2v) is 6.62. The molecule has 4 nitrogen and oxygen atoms in total. The summed E-state index contributed by atoms with van der Waals surface area (Å²) in [6.45, 7) is 2.16. The number of hydrogen-bond donors (Lipinski definition) is 1. The monoisotopic (exact) mass is 369 g/mol. The van der Waals surface area contributed by atoms with Crippen LogP contribution in [0.15, 0.2) is 79.0 Å². The predicted octanol–water partition coefficient (Wildman–Crippen LogP) is 5.49. The highest BCUT2D eigenvalue weighted by molar-refractivity contribution is 5.92. The Kier molecular flexibility index (Phi) is 4.77. The third-order valence-corrected chi connectivity index (χ3v) is 4.77. The van der Waals surface area contributed by atoms with Gasteiger partial charge in [-0.3, -0.25) is 0 Å². The number of rotatable bonds is 5. The molecule has 0 bridgehead atoms. The van der Waals surface area contributed by atoms with Crippen molar-refractivity contribution in [1.29, 1.82) is 0 Å². The predicted molar refractivity (Wildman–Crippen MR) is 110 cm³/mol. The van der Waals surface area contributed by atoms with Gasteiger partial charge in [-0.25, -0.2) is 9.78 Å². The van der Waals surface area contributed by atoms with Gasteiger partial charge in [0.15, 0.2) is 11.4 Å². The number of hydrogen-bond acceptors (Lipinski definition) is 3. The van der Waals surface area contributed by atoms with Crippen LogP contribution in [0.2, 0.25) is 0 Å². The van der Waals surface area contributed by atoms with Crippen molar-refractivity contribution >= 4 is 16.7 Å². The maximum Gasteiger partial charge on any atom is 0.358 e. The molecule has 138 valence electrons.